The summed E-state index contributed by atoms with van der Waals surface area (Å²) in [5.74, 6) is -2.64. The number of unbranched alkanes of at least 4 members (excludes halogenated alkanes) is 1. The maximum absolute atomic E-state index is 13.4. The maximum atomic E-state index is 13.4. The van der Waals surface area contributed by atoms with Gasteiger partial charge < -0.3 is 10.4 Å². The van der Waals surface area contributed by atoms with Gasteiger partial charge in [-0.1, -0.05) is 0 Å². The second kappa shape index (κ2) is 7.05. The highest BCUT2D eigenvalue weighted by atomic mass is 19.4. The smallest absolute Gasteiger partial charge is 0.416 e. The fraction of sp³-hybridized carbons (Fsp3) is 0.385. The standard InChI is InChI=1S/C13H13F4NO3/c14-9-6-5-8(13(15,16)17)7-10(9)18-11(19)3-1-2-4-12(20)21/h5-7H,1-4H2,(H,18,19)(H,20,21). The lowest BCUT2D eigenvalue weighted by atomic mass is 10.1. The van der Waals surface area contributed by atoms with E-state index in [0.717, 1.165) is 0 Å². The number of alkyl halides is 3. The molecule has 0 bridgehead atoms. The predicted molar refractivity (Wildman–Crippen MR) is 66.1 cm³/mol. The zero-order chi connectivity index (χ0) is 16.0. The van der Waals surface area contributed by atoms with Gasteiger partial charge in [0.25, 0.3) is 0 Å². The molecule has 0 saturated heterocycles. The number of carboxylic acid groups (broad SMARTS) is 1. The van der Waals surface area contributed by atoms with E-state index >= 15 is 0 Å². The first-order valence-corrected chi connectivity index (χ1v) is 6.08. The number of nitrogens with one attached hydrogen (secondary N) is 1. The van der Waals surface area contributed by atoms with Gasteiger partial charge in [-0.2, -0.15) is 13.2 Å². The third-order valence-corrected chi connectivity index (χ3v) is 2.61. The molecule has 0 aromatic heterocycles. The minimum absolute atomic E-state index is 0.0943. The highest BCUT2D eigenvalue weighted by molar-refractivity contribution is 5.90. The van der Waals surface area contributed by atoms with Crippen LogP contribution in [-0.2, 0) is 15.8 Å². The van der Waals surface area contributed by atoms with E-state index in [-0.39, 0.29) is 25.7 Å². The topological polar surface area (TPSA) is 66.4 Å². The lowest BCUT2D eigenvalue weighted by Crippen LogP contribution is -2.14. The van der Waals surface area contributed by atoms with E-state index in [2.05, 4.69) is 0 Å². The van der Waals surface area contributed by atoms with Crippen LogP contribution in [0, 0.1) is 5.82 Å². The molecule has 0 spiro atoms. The van der Waals surface area contributed by atoms with Crippen LogP contribution in [-0.4, -0.2) is 17.0 Å². The molecular weight excluding hydrogens is 294 g/mol. The Balaban J connectivity index is 2.61. The fourth-order valence-electron chi connectivity index (χ4n) is 1.57. The molecule has 21 heavy (non-hydrogen) atoms. The second-order valence-corrected chi connectivity index (χ2v) is 4.34. The third-order valence-electron chi connectivity index (χ3n) is 2.61. The van der Waals surface area contributed by atoms with Gasteiger partial charge in [-0.25, -0.2) is 4.39 Å². The highest BCUT2D eigenvalue weighted by Gasteiger charge is 2.31. The number of carboxylic acids is 1. The normalized spacial score (nSPS) is 11.2. The number of hydrogen-bond acceptors (Lipinski definition) is 2. The summed E-state index contributed by atoms with van der Waals surface area (Å²) < 4.78 is 50.8. The molecule has 1 aromatic carbocycles. The van der Waals surface area contributed by atoms with Crippen LogP contribution >= 0.6 is 0 Å². The van der Waals surface area contributed by atoms with Gasteiger partial charge in [0.2, 0.25) is 5.91 Å². The lowest BCUT2D eigenvalue weighted by molar-refractivity contribution is -0.138. The van der Waals surface area contributed by atoms with Gasteiger partial charge in [0.15, 0.2) is 0 Å². The SMILES string of the molecule is O=C(O)CCCCC(=O)Nc1cc(C(F)(F)F)ccc1F. The van der Waals surface area contributed by atoms with Gasteiger partial charge >= 0.3 is 12.1 Å². The number of rotatable bonds is 6. The fourth-order valence-corrected chi connectivity index (χ4v) is 1.57. The Labute approximate surface area is 117 Å². The molecule has 0 fully saturated rings. The first-order chi connectivity index (χ1) is 9.70. The van der Waals surface area contributed by atoms with Crippen LogP contribution in [0.2, 0.25) is 0 Å². The van der Waals surface area contributed by atoms with Crippen LogP contribution in [0.15, 0.2) is 18.2 Å². The minimum Gasteiger partial charge on any atom is -0.481 e. The summed E-state index contributed by atoms with van der Waals surface area (Å²) >= 11 is 0. The van der Waals surface area contributed by atoms with Crippen LogP contribution in [0.25, 0.3) is 0 Å². The zero-order valence-corrected chi connectivity index (χ0v) is 10.8. The van der Waals surface area contributed by atoms with Crippen molar-refractivity contribution >= 4 is 17.6 Å². The summed E-state index contributed by atoms with van der Waals surface area (Å²) in [7, 11) is 0. The Hall–Kier alpha value is -2.12. The molecule has 1 aromatic rings. The molecule has 1 rings (SSSR count). The van der Waals surface area contributed by atoms with Gasteiger partial charge in [0.05, 0.1) is 11.3 Å². The van der Waals surface area contributed by atoms with Crippen molar-refractivity contribution in [3.05, 3.63) is 29.6 Å². The predicted octanol–water partition coefficient (Wildman–Crippen LogP) is 3.43. The van der Waals surface area contributed by atoms with Crippen LogP contribution in [0.1, 0.15) is 31.2 Å². The zero-order valence-electron chi connectivity index (χ0n) is 10.8. The molecule has 0 aliphatic rings. The van der Waals surface area contributed by atoms with Crippen molar-refractivity contribution in [2.24, 2.45) is 0 Å². The molecule has 116 valence electrons. The van der Waals surface area contributed by atoms with E-state index in [1.165, 1.54) is 0 Å². The van der Waals surface area contributed by atoms with Gasteiger partial charge in [0, 0.05) is 12.8 Å². The van der Waals surface area contributed by atoms with Crippen molar-refractivity contribution in [2.45, 2.75) is 31.9 Å². The average molecular weight is 307 g/mol. The van der Waals surface area contributed by atoms with Gasteiger partial charge in [-0.15, -0.1) is 0 Å². The molecule has 0 saturated carbocycles. The molecule has 0 aliphatic heterocycles. The molecule has 2 N–H and O–H groups in total. The van der Waals surface area contributed by atoms with Gasteiger partial charge in [-0.3, -0.25) is 9.59 Å². The summed E-state index contributed by atoms with van der Waals surface area (Å²) in [6, 6.07) is 1.73. The molecule has 8 heteroatoms. The van der Waals surface area contributed by atoms with E-state index in [4.69, 9.17) is 5.11 Å². The Bertz CT molecular complexity index is 529. The Kier molecular flexibility index (Phi) is 5.69. The quantitative estimate of drug-likeness (QED) is 0.625. The summed E-state index contributed by atoms with van der Waals surface area (Å²) in [5.41, 5.74) is -1.61. The van der Waals surface area contributed by atoms with Crippen molar-refractivity contribution in [3.8, 4) is 0 Å². The number of halogens is 4. The maximum Gasteiger partial charge on any atom is 0.416 e. The summed E-state index contributed by atoms with van der Waals surface area (Å²) in [4.78, 5) is 21.7. The van der Waals surface area contributed by atoms with Crippen LogP contribution < -0.4 is 5.32 Å². The number of aliphatic carboxylic acids is 1. The lowest BCUT2D eigenvalue weighted by Gasteiger charge is -2.10. The van der Waals surface area contributed by atoms with E-state index in [0.29, 0.717) is 18.2 Å². The number of hydrogen-bond donors (Lipinski definition) is 2. The van der Waals surface area contributed by atoms with Crippen molar-refractivity contribution in [1.29, 1.82) is 0 Å². The molecule has 0 heterocycles. The molecule has 0 aliphatic carbocycles. The largest absolute Gasteiger partial charge is 0.481 e. The first kappa shape index (κ1) is 16.9. The van der Waals surface area contributed by atoms with Gasteiger partial charge in [-0.05, 0) is 31.0 Å². The molecule has 1 amide bonds. The van der Waals surface area contributed by atoms with Crippen LogP contribution in [0.4, 0.5) is 23.2 Å². The van der Waals surface area contributed by atoms with Crippen LogP contribution in [0.3, 0.4) is 0 Å². The number of anilines is 1. The Morgan fingerprint density at radius 1 is 1.14 bits per heavy atom. The number of benzene rings is 1. The summed E-state index contributed by atoms with van der Waals surface area (Å²) in [6.45, 7) is 0. The molecule has 0 atom stereocenters. The summed E-state index contributed by atoms with van der Waals surface area (Å²) in [6.07, 6.45) is -4.32. The van der Waals surface area contributed by atoms with Gasteiger partial charge in [0.1, 0.15) is 5.82 Å². The van der Waals surface area contributed by atoms with Crippen molar-refractivity contribution < 1.29 is 32.3 Å². The molecule has 0 unspecified atom stereocenters. The Morgan fingerprint density at radius 3 is 2.33 bits per heavy atom. The van der Waals surface area contributed by atoms with Crippen molar-refractivity contribution in [1.82, 2.24) is 0 Å². The average Bonchev–Trinajstić information content (AvgIpc) is 2.36. The Morgan fingerprint density at radius 2 is 1.76 bits per heavy atom. The number of carbonyl (C=O) groups is 2. The van der Waals surface area contributed by atoms with E-state index in [1.54, 1.807) is 0 Å². The van der Waals surface area contributed by atoms with E-state index in [9.17, 15) is 27.2 Å². The van der Waals surface area contributed by atoms with Crippen molar-refractivity contribution in [3.63, 3.8) is 0 Å². The molecule has 4 nitrogen and oxygen atoms in total. The van der Waals surface area contributed by atoms with E-state index < -0.39 is 35.1 Å². The van der Waals surface area contributed by atoms with E-state index in [1.807, 2.05) is 5.32 Å². The highest BCUT2D eigenvalue weighted by Crippen LogP contribution is 2.31. The molecule has 0 radical (unpaired) electrons. The molecular formula is C13H13F4NO3. The third kappa shape index (κ3) is 5.80. The minimum atomic E-state index is -4.63. The number of carbonyl (C=O) groups excluding carboxylic acids is 1. The van der Waals surface area contributed by atoms with Crippen LogP contribution in [0.5, 0.6) is 0 Å². The first-order valence-electron chi connectivity index (χ1n) is 6.08. The number of amides is 1. The summed E-state index contributed by atoms with van der Waals surface area (Å²) in [5, 5.41) is 10.4. The second-order valence-electron chi connectivity index (χ2n) is 4.34. The monoisotopic (exact) mass is 307 g/mol. The van der Waals surface area contributed by atoms with Crippen molar-refractivity contribution in [2.75, 3.05) is 5.32 Å².